The number of fused-ring (bicyclic) bond motifs is 1. The van der Waals surface area contributed by atoms with Gasteiger partial charge in [-0.15, -0.1) is 5.10 Å². The van der Waals surface area contributed by atoms with Gasteiger partial charge in [-0.3, -0.25) is 0 Å². The smallest absolute Gasteiger partial charge is 0.356 e. The lowest BCUT2D eigenvalue weighted by Crippen LogP contribution is -2.04. The zero-order valence-electron chi connectivity index (χ0n) is 8.84. The number of nitrogens with one attached hydrogen (secondary N) is 1. The van der Waals surface area contributed by atoms with Crippen molar-refractivity contribution in [3.05, 3.63) is 24.0 Å². The van der Waals surface area contributed by atoms with E-state index in [4.69, 9.17) is 5.11 Å². The van der Waals surface area contributed by atoms with Crippen LogP contribution in [0.15, 0.2) is 18.3 Å². The van der Waals surface area contributed by atoms with E-state index >= 15 is 0 Å². The summed E-state index contributed by atoms with van der Waals surface area (Å²) in [4.78, 5) is 14.6. The molecule has 0 aliphatic carbocycles. The average Bonchev–Trinajstić information content (AvgIpc) is 2.69. The average molecular weight is 220 g/mol. The molecule has 84 valence electrons. The lowest BCUT2D eigenvalue weighted by atomic mass is 10.4. The highest BCUT2D eigenvalue weighted by Gasteiger charge is 2.09. The summed E-state index contributed by atoms with van der Waals surface area (Å²) in [6, 6.07) is 3.51. The molecule has 0 unspecified atom stereocenters. The zero-order valence-corrected chi connectivity index (χ0v) is 8.84. The van der Waals surface area contributed by atoms with Crippen LogP contribution < -0.4 is 5.32 Å². The number of rotatable bonds is 4. The molecule has 0 saturated carbocycles. The van der Waals surface area contributed by atoms with Gasteiger partial charge in [0.1, 0.15) is 5.82 Å². The van der Waals surface area contributed by atoms with Crippen LogP contribution in [0.1, 0.15) is 23.8 Å². The standard InChI is InChI=1S/C10H12N4O2/c1-2-5-11-8-3-4-9-12-7(10(15)16)6-14(9)13-8/h3-4,6H,2,5H2,1H3,(H,11,13)(H,15,16). The van der Waals surface area contributed by atoms with Gasteiger partial charge in [-0.05, 0) is 18.6 Å². The maximum absolute atomic E-state index is 10.7. The van der Waals surface area contributed by atoms with E-state index < -0.39 is 5.97 Å². The largest absolute Gasteiger partial charge is 0.476 e. The second kappa shape index (κ2) is 4.18. The van der Waals surface area contributed by atoms with Crippen LogP contribution in [0.25, 0.3) is 5.65 Å². The van der Waals surface area contributed by atoms with Gasteiger partial charge in [0.2, 0.25) is 0 Å². The Kier molecular flexibility index (Phi) is 2.72. The fourth-order valence-corrected chi connectivity index (χ4v) is 1.33. The number of carbonyl (C=O) groups is 1. The molecule has 0 saturated heterocycles. The lowest BCUT2D eigenvalue weighted by Gasteiger charge is -2.02. The highest BCUT2D eigenvalue weighted by atomic mass is 16.4. The van der Waals surface area contributed by atoms with Crippen molar-refractivity contribution < 1.29 is 9.90 Å². The Bertz CT molecular complexity index is 521. The summed E-state index contributed by atoms with van der Waals surface area (Å²) in [5, 5.41) is 16.1. The van der Waals surface area contributed by atoms with E-state index in [-0.39, 0.29) is 5.69 Å². The van der Waals surface area contributed by atoms with Crippen LogP contribution in [-0.2, 0) is 0 Å². The molecule has 2 aromatic heterocycles. The van der Waals surface area contributed by atoms with E-state index in [9.17, 15) is 4.79 Å². The Hall–Kier alpha value is -2.11. The van der Waals surface area contributed by atoms with Gasteiger partial charge in [0.15, 0.2) is 11.3 Å². The Labute approximate surface area is 91.9 Å². The van der Waals surface area contributed by atoms with E-state index in [2.05, 4.69) is 22.3 Å². The van der Waals surface area contributed by atoms with Gasteiger partial charge in [-0.2, -0.15) is 0 Å². The van der Waals surface area contributed by atoms with Gasteiger partial charge in [-0.25, -0.2) is 14.3 Å². The Morgan fingerprint density at radius 2 is 2.38 bits per heavy atom. The van der Waals surface area contributed by atoms with Crippen molar-refractivity contribution >= 4 is 17.4 Å². The number of anilines is 1. The van der Waals surface area contributed by atoms with Gasteiger partial charge in [0.25, 0.3) is 0 Å². The molecule has 2 rings (SSSR count). The number of carboxylic acids is 1. The maximum Gasteiger partial charge on any atom is 0.356 e. The van der Waals surface area contributed by atoms with Crippen molar-refractivity contribution in [3.63, 3.8) is 0 Å². The van der Waals surface area contributed by atoms with Gasteiger partial charge >= 0.3 is 5.97 Å². The molecule has 6 nitrogen and oxygen atoms in total. The van der Waals surface area contributed by atoms with Crippen molar-refractivity contribution in [2.75, 3.05) is 11.9 Å². The predicted octanol–water partition coefficient (Wildman–Crippen LogP) is 1.25. The molecule has 6 heteroatoms. The molecule has 0 aliphatic heterocycles. The molecule has 2 heterocycles. The van der Waals surface area contributed by atoms with Crippen LogP contribution in [0.4, 0.5) is 5.82 Å². The number of hydrogen-bond acceptors (Lipinski definition) is 4. The Morgan fingerprint density at radius 3 is 3.06 bits per heavy atom. The second-order valence-corrected chi connectivity index (χ2v) is 3.38. The summed E-state index contributed by atoms with van der Waals surface area (Å²) in [7, 11) is 0. The van der Waals surface area contributed by atoms with E-state index in [1.54, 1.807) is 12.1 Å². The number of aromatic nitrogens is 3. The molecule has 0 amide bonds. The Morgan fingerprint density at radius 1 is 1.56 bits per heavy atom. The summed E-state index contributed by atoms with van der Waals surface area (Å²) in [6.07, 6.45) is 2.40. The fourth-order valence-electron chi connectivity index (χ4n) is 1.33. The first-order chi connectivity index (χ1) is 7.70. The lowest BCUT2D eigenvalue weighted by molar-refractivity contribution is 0.0691. The summed E-state index contributed by atoms with van der Waals surface area (Å²) in [5.41, 5.74) is 0.527. The molecule has 0 fully saturated rings. The van der Waals surface area contributed by atoms with Crippen LogP contribution in [0.3, 0.4) is 0 Å². The molecule has 0 aliphatic rings. The van der Waals surface area contributed by atoms with Crippen LogP contribution in [0, 0.1) is 0 Å². The molecule has 0 aromatic carbocycles. The van der Waals surface area contributed by atoms with Crippen LogP contribution >= 0.6 is 0 Å². The van der Waals surface area contributed by atoms with Gasteiger partial charge in [0, 0.05) is 6.54 Å². The number of carboxylic acid groups (broad SMARTS) is 1. The first kappa shape index (κ1) is 10.4. The monoisotopic (exact) mass is 220 g/mol. The fraction of sp³-hybridized carbons (Fsp3) is 0.300. The van der Waals surface area contributed by atoms with Crippen LogP contribution in [-0.4, -0.2) is 32.2 Å². The first-order valence-electron chi connectivity index (χ1n) is 5.04. The van der Waals surface area contributed by atoms with E-state index in [1.165, 1.54) is 10.7 Å². The summed E-state index contributed by atoms with van der Waals surface area (Å²) >= 11 is 0. The second-order valence-electron chi connectivity index (χ2n) is 3.38. The zero-order chi connectivity index (χ0) is 11.5. The molecular weight excluding hydrogens is 208 g/mol. The molecule has 2 aromatic rings. The van der Waals surface area contributed by atoms with Gasteiger partial charge in [0.05, 0.1) is 6.20 Å². The minimum atomic E-state index is -1.05. The van der Waals surface area contributed by atoms with Crippen LogP contribution in [0.5, 0.6) is 0 Å². The third-order valence-corrected chi connectivity index (χ3v) is 2.10. The number of nitrogens with zero attached hydrogens (tertiary/aromatic N) is 3. The summed E-state index contributed by atoms with van der Waals surface area (Å²) in [6.45, 7) is 2.89. The molecule has 0 bridgehead atoms. The SMILES string of the molecule is CCCNc1ccc2nc(C(=O)O)cn2n1. The quantitative estimate of drug-likeness (QED) is 0.810. The molecule has 0 spiro atoms. The van der Waals surface area contributed by atoms with Crippen molar-refractivity contribution in [2.45, 2.75) is 13.3 Å². The van der Waals surface area contributed by atoms with Crippen molar-refractivity contribution in [1.82, 2.24) is 14.6 Å². The summed E-state index contributed by atoms with van der Waals surface area (Å²) < 4.78 is 1.46. The highest BCUT2D eigenvalue weighted by Crippen LogP contribution is 2.07. The molecular formula is C10H12N4O2. The maximum atomic E-state index is 10.7. The highest BCUT2D eigenvalue weighted by molar-refractivity contribution is 5.86. The van der Waals surface area contributed by atoms with Gasteiger partial charge < -0.3 is 10.4 Å². The van der Waals surface area contributed by atoms with Crippen molar-refractivity contribution in [3.8, 4) is 0 Å². The molecule has 16 heavy (non-hydrogen) atoms. The van der Waals surface area contributed by atoms with E-state index in [1.807, 2.05) is 0 Å². The van der Waals surface area contributed by atoms with Crippen molar-refractivity contribution in [1.29, 1.82) is 0 Å². The summed E-state index contributed by atoms with van der Waals surface area (Å²) in [5.74, 6) is -0.336. The minimum Gasteiger partial charge on any atom is -0.476 e. The first-order valence-corrected chi connectivity index (χ1v) is 5.04. The van der Waals surface area contributed by atoms with Gasteiger partial charge in [-0.1, -0.05) is 6.92 Å². The number of aromatic carboxylic acids is 1. The van der Waals surface area contributed by atoms with Crippen LogP contribution in [0.2, 0.25) is 0 Å². The van der Waals surface area contributed by atoms with Crippen molar-refractivity contribution in [2.24, 2.45) is 0 Å². The third kappa shape index (κ3) is 1.95. The third-order valence-electron chi connectivity index (χ3n) is 2.10. The molecule has 0 atom stereocenters. The normalized spacial score (nSPS) is 10.6. The number of imidazole rings is 1. The molecule has 2 N–H and O–H groups in total. The topological polar surface area (TPSA) is 79.5 Å². The predicted molar refractivity (Wildman–Crippen MR) is 58.7 cm³/mol. The number of hydrogen-bond donors (Lipinski definition) is 2. The van der Waals surface area contributed by atoms with E-state index in [0.29, 0.717) is 11.5 Å². The Balaban J connectivity index is 2.34. The molecule has 0 radical (unpaired) electrons. The minimum absolute atomic E-state index is 0.000131. The van der Waals surface area contributed by atoms with E-state index in [0.717, 1.165) is 13.0 Å².